The predicted molar refractivity (Wildman–Crippen MR) is 93.6 cm³/mol. The SMILES string of the molecule is Cl.O=C(CC1COCCN1)N(Cc1c(F)cccc1F)C1CCCC1. The maximum atomic E-state index is 14.0. The number of nitrogens with zero attached hydrogens (tertiary/aromatic N) is 1. The Morgan fingerprint density at radius 3 is 2.52 bits per heavy atom. The molecule has 1 aromatic carbocycles. The van der Waals surface area contributed by atoms with E-state index in [4.69, 9.17) is 4.74 Å². The Bertz CT molecular complexity index is 556. The summed E-state index contributed by atoms with van der Waals surface area (Å²) in [6.07, 6.45) is 4.21. The van der Waals surface area contributed by atoms with Crippen LogP contribution in [0.25, 0.3) is 0 Å². The molecule has 7 heteroatoms. The number of halogens is 3. The van der Waals surface area contributed by atoms with E-state index in [0.29, 0.717) is 19.6 Å². The van der Waals surface area contributed by atoms with E-state index in [9.17, 15) is 13.6 Å². The zero-order chi connectivity index (χ0) is 16.9. The minimum atomic E-state index is -0.593. The van der Waals surface area contributed by atoms with Crippen molar-refractivity contribution < 1.29 is 18.3 Å². The number of morpholine rings is 1. The molecule has 1 atom stereocenters. The number of carbonyl (C=O) groups is 1. The first kappa shape index (κ1) is 20.1. The Morgan fingerprint density at radius 1 is 1.24 bits per heavy atom. The third kappa shape index (κ3) is 5.12. The standard InChI is InChI=1S/C18H24F2N2O2.ClH/c19-16-6-3-7-17(20)15(16)11-22(14-4-1-2-5-14)18(23)10-13-12-24-9-8-21-13;/h3,6-7,13-14,21H,1-2,4-5,8-12H2;1H. The van der Waals surface area contributed by atoms with Gasteiger partial charge in [-0.1, -0.05) is 18.9 Å². The second-order valence-electron chi connectivity index (χ2n) is 6.59. The molecule has 1 aliphatic carbocycles. The monoisotopic (exact) mass is 374 g/mol. The second kappa shape index (κ2) is 9.46. The first-order valence-corrected chi connectivity index (χ1v) is 8.68. The first-order valence-electron chi connectivity index (χ1n) is 8.68. The van der Waals surface area contributed by atoms with Gasteiger partial charge in [0.2, 0.25) is 5.91 Å². The maximum Gasteiger partial charge on any atom is 0.224 e. The second-order valence-corrected chi connectivity index (χ2v) is 6.59. The minimum absolute atomic E-state index is 0. The number of amides is 1. The number of benzene rings is 1. The Balaban J connectivity index is 0.00000225. The fourth-order valence-electron chi connectivity index (χ4n) is 3.57. The van der Waals surface area contributed by atoms with Crippen molar-refractivity contribution in [1.29, 1.82) is 0 Å². The highest BCUT2D eigenvalue weighted by Gasteiger charge is 2.30. The molecule has 1 N–H and O–H groups in total. The van der Waals surface area contributed by atoms with Crippen LogP contribution in [0.15, 0.2) is 18.2 Å². The van der Waals surface area contributed by atoms with Crippen LogP contribution in [-0.4, -0.2) is 42.6 Å². The lowest BCUT2D eigenvalue weighted by Crippen LogP contribution is -2.47. The van der Waals surface area contributed by atoms with Gasteiger partial charge in [0, 0.05) is 30.6 Å². The molecule has 2 fully saturated rings. The maximum absolute atomic E-state index is 14.0. The number of hydrogen-bond acceptors (Lipinski definition) is 3. The molecular weight excluding hydrogens is 350 g/mol. The molecule has 3 rings (SSSR count). The van der Waals surface area contributed by atoms with E-state index in [1.165, 1.54) is 18.2 Å². The van der Waals surface area contributed by atoms with Crippen LogP contribution in [0.5, 0.6) is 0 Å². The van der Waals surface area contributed by atoms with Gasteiger partial charge in [0.15, 0.2) is 0 Å². The van der Waals surface area contributed by atoms with Crippen molar-refractivity contribution in [2.24, 2.45) is 0 Å². The highest BCUT2D eigenvalue weighted by atomic mass is 35.5. The molecule has 140 valence electrons. The van der Waals surface area contributed by atoms with Crippen molar-refractivity contribution in [1.82, 2.24) is 10.2 Å². The van der Waals surface area contributed by atoms with Gasteiger partial charge in [0.1, 0.15) is 11.6 Å². The quantitative estimate of drug-likeness (QED) is 0.861. The number of hydrogen-bond donors (Lipinski definition) is 1. The summed E-state index contributed by atoms with van der Waals surface area (Å²) < 4.78 is 33.4. The Kier molecular flexibility index (Phi) is 7.59. The summed E-state index contributed by atoms with van der Waals surface area (Å²) in [5.74, 6) is -1.25. The summed E-state index contributed by atoms with van der Waals surface area (Å²) in [6.45, 7) is 1.87. The van der Waals surface area contributed by atoms with Gasteiger partial charge >= 0.3 is 0 Å². The van der Waals surface area contributed by atoms with Crippen LogP contribution in [0.1, 0.15) is 37.7 Å². The molecule has 25 heavy (non-hydrogen) atoms. The molecular formula is C18H25ClF2N2O2. The molecule has 1 aromatic rings. The summed E-state index contributed by atoms with van der Waals surface area (Å²) in [5.41, 5.74) is -0.0226. The average molecular weight is 375 g/mol. The normalized spacial score (nSPS) is 21.0. The minimum Gasteiger partial charge on any atom is -0.378 e. The number of ether oxygens (including phenoxy) is 1. The molecule has 1 saturated carbocycles. The van der Waals surface area contributed by atoms with Crippen molar-refractivity contribution >= 4 is 18.3 Å². The molecule has 1 aliphatic heterocycles. The molecule has 0 radical (unpaired) electrons. The molecule has 1 unspecified atom stereocenters. The first-order chi connectivity index (χ1) is 11.6. The fourth-order valence-corrected chi connectivity index (χ4v) is 3.57. The molecule has 1 heterocycles. The number of carbonyl (C=O) groups excluding carboxylic acids is 1. The summed E-state index contributed by atoms with van der Waals surface area (Å²) in [7, 11) is 0. The van der Waals surface area contributed by atoms with Gasteiger partial charge in [0.25, 0.3) is 0 Å². The van der Waals surface area contributed by atoms with Gasteiger partial charge in [-0.3, -0.25) is 4.79 Å². The zero-order valence-corrected chi connectivity index (χ0v) is 15.0. The highest BCUT2D eigenvalue weighted by Crippen LogP contribution is 2.27. The largest absolute Gasteiger partial charge is 0.378 e. The van der Waals surface area contributed by atoms with Crippen LogP contribution in [-0.2, 0) is 16.1 Å². The van der Waals surface area contributed by atoms with Crippen molar-refractivity contribution in [3.63, 3.8) is 0 Å². The van der Waals surface area contributed by atoms with Gasteiger partial charge < -0.3 is 15.0 Å². The van der Waals surface area contributed by atoms with Crippen LogP contribution in [0, 0.1) is 11.6 Å². The van der Waals surface area contributed by atoms with E-state index >= 15 is 0 Å². The summed E-state index contributed by atoms with van der Waals surface area (Å²) >= 11 is 0. The van der Waals surface area contributed by atoms with Gasteiger partial charge in [-0.05, 0) is 25.0 Å². The van der Waals surface area contributed by atoms with Crippen molar-refractivity contribution in [3.05, 3.63) is 35.4 Å². The van der Waals surface area contributed by atoms with Crippen molar-refractivity contribution in [3.8, 4) is 0 Å². The van der Waals surface area contributed by atoms with E-state index in [-0.39, 0.29) is 42.5 Å². The van der Waals surface area contributed by atoms with E-state index in [1.54, 1.807) is 4.90 Å². The smallest absolute Gasteiger partial charge is 0.224 e. The Morgan fingerprint density at radius 2 is 1.92 bits per heavy atom. The van der Waals surface area contributed by atoms with Crippen molar-refractivity contribution in [2.45, 2.75) is 50.7 Å². The van der Waals surface area contributed by atoms with Crippen LogP contribution in [0.2, 0.25) is 0 Å². The number of rotatable bonds is 5. The van der Waals surface area contributed by atoms with E-state index in [1.807, 2.05) is 0 Å². The molecule has 0 aromatic heterocycles. The molecule has 4 nitrogen and oxygen atoms in total. The molecule has 0 bridgehead atoms. The van der Waals surface area contributed by atoms with Gasteiger partial charge in [-0.2, -0.15) is 0 Å². The third-order valence-electron chi connectivity index (χ3n) is 4.90. The fraction of sp³-hybridized carbons (Fsp3) is 0.611. The Hall–Kier alpha value is -1.24. The van der Waals surface area contributed by atoms with Gasteiger partial charge in [0.05, 0.1) is 19.8 Å². The number of nitrogens with one attached hydrogen (secondary N) is 1. The van der Waals surface area contributed by atoms with Crippen molar-refractivity contribution in [2.75, 3.05) is 19.8 Å². The average Bonchev–Trinajstić information content (AvgIpc) is 3.09. The van der Waals surface area contributed by atoms with E-state index < -0.39 is 11.6 Å². The van der Waals surface area contributed by atoms with Crippen LogP contribution in [0.4, 0.5) is 8.78 Å². The molecule has 0 spiro atoms. The van der Waals surface area contributed by atoms with E-state index in [0.717, 1.165) is 32.2 Å². The lowest BCUT2D eigenvalue weighted by atomic mass is 10.1. The lowest BCUT2D eigenvalue weighted by Gasteiger charge is -2.32. The topological polar surface area (TPSA) is 41.6 Å². The zero-order valence-electron chi connectivity index (χ0n) is 14.2. The third-order valence-corrected chi connectivity index (χ3v) is 4.90. The highest BCUT2D eigenvalue weighted by molar-refractivity contribution is 5.85. The summed E-state index contributed by atoms with van der Waals surface area (Å²) in [5, 5.41) is 3.26. The van der Waals surface area contributed by atoms with Crippen LogP contribution in [0.3, 0.4) is 0 Å². The summed E-state index contributed by atoms with van der Waals surface area (Å²) in [6, 6.07) is 3.87. The van der Waals surface area contributed by atoms with E-state index in [2.05, 4.69) is 5.32 Å². The van der Waals surface area contributed by atoms with Gasteiger partial charge in [-0.25, -0.2) is 8.78 Å². The lowest BCUT2D eigenvalue weighted by molar-refractivity contribution is -0.135. The summed E-state index contributed by atoms with van der Waals surface area (Å²) in [4.78, 5) is 14.5. The Labute approximate surface area is 153 Å². The van der Waals surface area contributed by atoms with Crippen LogP contribution < -0.4 is 5.32 Å². The molecule has 2 aliphatic rings. The molecule has 1 amide bonds. The molecule has 1 saturated heterocycles. The predicted octanol–water partition coefficient (Wildman–Crippen LogP) is 3.04. The van der Waals surface area contributed by atoms with Gasteiger partial charge in [-0.15, -0.1) is 12.4 Å². The van der Waals surface area contributed by atoms with Crippen LogP contribution >= 0.6 is 12.4 Å².